The molecule has 0 N–H and O–H groups in total. The molecule has 0 bridgehead atoms. The molecule has 0 fully saturated rings. The van der Waals surface area contributed by atoms with Crippen LogP contribution in [0.4, 0.5) is 0 Å². The molecule has 2 rings (SSSR count). The molecule has 4 heteroatoms. The third-order valence-electron chi connectivity index (χ3n) is 3.27. The van der Waals surface area contributed by atoms with E-state index >= 15 is 0 Å². The topological polar surface area (TPSA) is 23.4 Å². The van der Waals surface area contributed by atoms with E-state index in [1.807, 2.05) is 33.0 Å². The minimum absolute atomic E-state index is 0.263. The van der Waals surface area contributed by atoms with Crippen LogP contribution < -0.4 is 0 Å². The number of para-hydroxylation sites is 1. The van der Waals surface area contributed by atoms with Crippen molar-refractivity contribution in [1.82, 2.24) is 4.57 Å². The minimum Gasteiger partial charge on any atom is -0.344 e. The molecule has 1 aromatic heterocycles. The average molecular weight is 282 g/mol. The van der Waals surface area contributed by atoms with Crippen molar-refractivity contribution < 1.29 is 9.47 Å². The van der Waals surface area contributed by atoms with Crippen molar-refractivity contribution in [2.24, 2.45) is 7.05 Å². The van der Waals surface area contributed by atoms with Crippen LogP contribution >= 0.6 is 11.6 Å². The fourth-order valence-electron chi connectivity index (χ4n) is 2.46. The highest BCUT2D eigenvalue weighted by atomic mass is 35.5. The molecule has 0 radical (unpaired) electrons. The van der Waals surface area contributed by atoms with Crippen LogP contribution in [0.15, 0.2) is 30.3 Å². The first kappa shape index (κ1) is 14.4. The lowest BCUT2D eigenvalue weighted by molar-refractivity contribution is -0.230. The Morgan fingerprint density at radius 1 is 1.16 bits per heavy atom. The Morgan fingerprint density at radius 2 is 1.79 bits per heavy atom. The fraction of sp³-hybridized carbons (Fsp3) is 0.467. The highest BCUT2D eigenvalue weighted by molar-refractivity contribution is 6.18. The molecule has 3 nitrogen and oxygen atoms in total. The second-order valence-electron chi connectivity index (χ2n) is 4.40. The smallest absolute Gasteiger partial charge is 0.224 e. The summed E-state index contributed by atoms with van der Waals surface area (Å²) in [6, 6.07) is 10.3. The summed E-state index contributed by atoms with van der Waals surface area (Å²) in [5.41, 5.74) is 2.10. The zero-order valence-electron chi connectivity index (χ0n) is 11.6. The largest absolute Gasteiger partial charge is 0.344 e. The first-order valence-corrected chi connectivity index (χ1v) is 7.10. The number of fused-ring (bicyclic) bond motifs is 1. The van der Waals surface area contributed by atoms with Gasteiger partial charge in [0.1, 0.15) is 0 Å². The third kappa shape index (κ3) is 2.50. The number of rotatable bonds is 6. The summed E-state index contributed by atoms with van der Waals surface area (Å²) in [6.45, 7) is 4.99. The predicted molar refractivity (Wildman–Crippen MR) is 78.6 cm³/mol. The summed E-state index contributed by atoms with van der Waals surface area (Å²) in [5.74, 6) is -0.613. The van der Waals surface area contributed by atoms with Crippen molar-refractivity contribution in [2.75, 3.05) is 19.1 Å². The predicted octanol–water partition coefficient (Wildman–Crippen LogP) is 3.64. The van der Waals surface area contributed by atoms with E-state index in [2.05, 4.69) is 22.8 Å². The summed E-state index contributed by atoms with van der Waals surface area (Å²) in [6.07, 6.45) is 0. The molecule has 0 aliphatic carbocycles. The molecule has 0 unspecified atom stereocenters. The van der Waals surface area contributed by atoms with Gasteiger partial charge in [-0.15, -0.1) is 11.6 Å². The summed E-state index contributed by atoms with van der Waals surface area (Å²) >= 11 is 6.15. The molecule has 0 saturated heterocycles. The van der Waals surface area contributed by atoms with Gasteiger partial charge in [-0.05, 0) is 26.0 Å². The van der Waals surface area contributed by atoms with Gasteiger partial charge < -0.3 is 14.0 Å². The molecule has 0 aliphatic heterocycles. The van der Waals surface area contributed by atoms with Crippen LogP contribution in [0.2, 0.25) is 0 Å². The number of alkyl halides is 1. The van der Waals surface area contributed by atoms with Crippen LogP contribution in [0.5, 0.6) is 0 Å². The van der Waals surface area contributed by atoms with Gasteiger partial charge in [0.25, 0.3) is 0 Å². The zero-order chi connectivity index (χ0) is 13.9. The van der Waals surface area contributed by atoms with E-state index in [0.29, 0.717) is 13.2 Å². The molecule has 19 heavy (non-hydrogen) atoms. The van der Waals surface area contributed by atoms with Crippen LogP contribution in [0.1, 0.15) is 19.5 Å². The molecule has 2 aromatic rings. The highest BCUT2D eigenvalue weighted by Crippen LogP contribution is 2.33. The van der Waals surface area contributed by atoms with Crippen molar-refractivity contribution in [3.8, 4) is 0 Å². The Bertz CT molecular complexity index is 544. The van der Waals surface area contributed by atoms with Gasteiger partial charge in [-0.2, -0.15) is 0 Å². The van der Waals surface area contributed by atoms with Crippen molar-refractivity contribution >= 4 is 22.5 Å². The number of hydrogen-bond acceptors (Lipinski definition) is 2. The van der Waals surface area contributed by atoms with Crippen molar-refractivity contribution in [2.45, 2.75) is 19.6 Å². The van der Waals surface area contributed by atoms with Crippen molar-refractivity contribution in [3.63, 3.8) is 0 Å². The molecular formula is C15H20ClNO2. The van der Waals surface area contributed by atoms with E-state index in [1.54, 1.807) is 0 Å². The van der Waals surface area contributed by atoms with Crippen LogP contribution in [-0.4, -0.2) is 23.7 Å². The van der Waals surface area contributed by atoms with Gasteiger partial charge >= 0.3 is 0 Å². The lowest BCUT2D eigenvalue weighted by atomic mass is 10.2. The van der Waals surface area contributed by atoms with E-state index in [4.69, 9.17) is 21.1 Å². The maximum Gasteiger partial charge on any atom is 0.224 e. The molecule has 0 spiro atoms. The van der Waals surface area contributed by atoms with Gasteiger partial charge in [0, 0.05) is 31.2 Å². The number of nitrogens with zero attached hydrogens (tertiary/aromatic N) is 1. The average Bonchev–Trinajstić information content (AvgIpc) is 2.77. The van der Waals surface area contributed by atoms with Crippen LogP contribution in [-0.2, 0) is 22.3 Å². The number of ether oxygens (including phenoxy) is 2. The SMILES string of the molecule is CCOC(CCl)(OCC)c1cc2ccccc2n1C. The lowest BCUT2D eigenvalue weighted by Crippen LogP contribution is -2.37. The second kappa shape index (κ2) is 5.95. The van der Waals surface area contributed by atoms with Gasteiger partial charge in [0.15, 0.2) is 0 Å². The second-order valence-corrected chi connectivity index (χ2v) is 4.67. The summed E-state index contributed by atoms with van der Waals surface area (Å²) in [7, 11) is 2.01. The van der Waals surface area contributed by atoms with Crippen LogP contribution in [0, 0.1) is 0 Å². The maximum atomic E-state index is 6.15. The molecule has 104 valence electrons. The lowest BCUT2D eigenvalue weighted by Gasteiger charge is -2.31. The third-order valence-corrected chi connectivity index (χ3v) is 3.62. The van der Waals surface area contributed by atoms with Gasteiger partial charge in [-0.25, -0.2) is 0 Å². The quantitative estimate of drug-likeness (QED) is 0.596. The van der Waals surface area contributed by atoms with Crippen LogP contribution in [0.3, 0.4) is 0 Å². The van der Waals surface area contributed by atoms with Gasteiger partial charge in [-0.3, -0.25) is 0 Å². The zero-order valence-corrected chi connectivity index (χ0v) is 12.4. The summed E-state index contributed by atoms with van der Waals surface area (Å²) in [4.78, 5) is 0. The van der Waals surface area contributed by atoms with Crippen LogP contribution in [0.25, 0.3) is 10.9 Å². The standard InChI is InChI=1S/C15H20ClNO2/c1-4-18-15(11-16,19-5-2)14-10-12-8-6-7-9-13(12)17(14)3/h6-10H,4-5,11H2,1-3H3. The number of benzene rings is 1. The van der Waals surface area contributed by atoms with E-state index in [1.165, 1.54) is 0 Å². The minimum atomic E-state index is -0.876. The number of halogens is 1. The molecular weight excluding hydrogens is 262 g/mol. The highest BCUT2D eigenvalue weighted by Gasteiger charge is 2.36. The van der Waals surface area contributed by atoms with E-state index in [0.717, 1.165) is 16.6 Å². The Balaban J connectivity index is 2.58. The number of aryl methyl sites for hydroxylation is 1. The van der Waals surface area contributed by atoms with Gasteiger partial charge in [0.05, 0.1) is 11.6 Å². The molecule has 1 aromatic carbocycles. The fourth-order valence-corrected chi connectivity index (χ4v) is 2.75. The molecule has 0 saturated carbocycles. The Labute approximate surface area is 119 Å². The molecule has 1 heterocycles. The monoisotopic (exact) mass is 281 g/mol. The first-order chi connectivity index (χ1) is 9.18. The van der Waals surface area contributed by atoms with Crippen molar-refractivity contribution in [3.05, 3.63) is 36.0 Å². The van der Waals surface area contributed by atoms with Gasteiger partial charge in [-0.1, -0.05) is 18.2 Å². The van der Waals surface area contributed by atoms with E-state index in [9.17, 15) is 0 Å². The van der Waals surface area contributed by atoms with Crippen molar-refractivity contribution in [1.29, 1.82) is 0 Å². The Hall–Kier alpha value is -1.03. The number of hydrogen-bond donors (Lipinski definition) is 0. The first-order valence-electron chi connectivity index (χ1n) is 6.57. The molecule has 0 amide bonds. The molecule has 0 aliphatic rings. The van der Waals surface area contributed by atoms with E-state index < -0.39 is 5.79 Å². The summed E-state index contributed by atoms with van der Waals surface area (Å²) < 4.78 is 13.8. The normalized spacial score (nSPS) is 12.2. The Morgan fingerprint density at radius 3 is 2.32 bits per heavy atom. The number of aromatic nitrogens is 1. The maximum absolute atomic E-state index is 6.15. The van der Waals surface area contributed by atoms with Gasteiger partial charge in [0.2, 0.25) is 5.79 Å². The summed E-state index contributed by atoms with van der Waals surface area (Å²) in [5, 5.41) is 1.16. The molecule has 0 atom stereocenters. The Kier molecular flexibility index (Phi) is 4.50. The van der Waals surface area contributed by atoms with E-state index in [-0.39, 0.29) is 5.88 Å².